The third kappa shape index (κ3) is 4.18. The predicted molar refractivity (Wildman–Crippen MR) is 112 cm³/mol. The van der Waals surface area contributed by atoms with E-state index in [1.54, 1.807) is 11.3 Å². The second-order valence-electron chi connectivity index (χ2n) is 6.37. The molecular weight excluding hydrogens is 392 g/mol. The molecule has 0 bridgehead atoms. The molecule has 0 saturated carbocycles. The molecule has 142 valence electrons. The smallest absolute Gasteiger partial charge is 0.227 e. The number of nitrogens with one attached hydrogen (secondary N) is 1. The minimum Gasteiger partial charge on any atom is -0.339 e. The van der Waals surface area contributed by atoms with E-state index in [0.29, 0.717) is 23.3 Å². The number of nitrogens with zero attached hydrogens (tertiary/aromatic N) is 3. The van der Waals surface area contributed by atoms with Crippen LogP contribution >= 0.6 is 22.7 Å². The second-order valence-corrected chi connectivity index (χ2v) is 8.18. The monoisotopic (exact) mass is 410 g/mol. The van der Waals surface area contributed by atoms with Crippen molar-refractivity contribution in [2.75, 3.05) is 5.32 Å². The van der Waals surface area contributed by atoms with E-state index in [9.17, 15) is 4.79 Å². The molecule has 1 aromatic carbocycles. The zero-order chi connectivity index (χ0) is 19.5. The number of hydrogen-bond acceptors (Lipinski definition) is 7. The highest BCUT2D eigenvalue weighted by atomic mass is 32.1. The van der Waals surface area contributed by atoms with Gasteiger partial charge in [-0.05, 0) is 42.5 Å². The lowest BCUT2D eigenvalue weighted by Gasteiger charge is -2.02. The maximum Gasteiger partial charge on any atom is 0.227 e. The quantitative estimate of drug-likeness (QED) is 0.478. The summed E-state index contributed by atoms with van der Waals surface area (Å²) in [5, 5.41) is 11.3. The first-order valence-electron chi connectivity index (χ1n) is 8.78. The van der Waals surface area contributed by atoms with Crippen LogP contribution in [0.4, 0.5) is 5.13 Å². The van der Waals surface area contributed by atoms with Gasteiger partial charge in [0, 0.05) is 23.8 Å². The van der Waals surface area contributed by atoms with E-state index in [1.165, 1.54) is 22.5 Å². The summed E-state index contributed by atoms with van der Waals surface area (Å²) in [6.45, 7) is 4.16. The van der Waals surface area contributed by atoms with Crippen LogP contribution < -0.4 is 5.32 Å². The average Bonchev–Trinajstić information content (AvgIpc) is 3.43. The lowest BCUT2D eigenvalue weighted by molar-refractivity contribution is -0.116. The summed E-state index contributed by atoms with van der Waals surface area (Å²) in [5.74, 6) is 0.883. The Labute approximate surface area is 170 Å². The molecule has 0 fully saturated rings. The van der Waals surface area contributed by atoms with E-state index in [4.69, 9.17) is 4.52 Å². The Balaban J connectivity index is 1.34. The van der Waals surface area contributed by atoms with Crippen LogP contribution in [0.1, 0.15) is 23.4 Å². The molecule has 0 atom stereocenters. The third-order valence-electron chi connectivity index (χ3n) is 4.33. The van der Waals surface area contributed by atoms with Gasteiger partial charge in [0.05, 0.1) is 10.6 Å². The highest BCUT2D eigenvalue weighted by Crippen LogP contribution is 2.26. The second kappa shape index (κ2) is 8.04. The third-order valence-corrected chi connectivity index (χ3v) is 5.95. The number of hydrogen-bond donors (Lipinski definition) is 1. The molecule has 0 spiro atoms. The van der Waals surface area contributed by atoms with Crippen molar-refractivity contribution in [3.63, 3.8) is 0 Å². The average molecular weight is 411 g/mol. The normalized spacial score (nSPS) is 10.9. The van der Waals surface area contributed by atoms with E-state index < -0.39 is 0 Å². The number of amides is 1. The van der Waals surface area contributed by atoms with Crippen molar-refractivity contribution in [2.45, 2.75) is 26.7 Å². The fourth-order valence-electron chi connectivity index (χ4n) is 2.63. The van der Waals surface area contributed by atoms with Gasteiger partial charge in [0.1, 0.15) is 0 Å². The van der Waals surface area contributed by atoms with Gasteiger partial charge in [-0.2, -0.15) is 4.98 Å². The molecule has 1 amide bonds. The summed E-state index contributed by atoms with van der Waals surface area (Å²) in [6, 6.07) is 10.1. The number of rotatable bonds is 6. The van der Waals surface area contributed by atoms with E-state index in [-0.39, 0.29) is 12.3 Å². The van der Waals surface area contributed by atoms with Crippen LogP contribution in [0, 0.1) is 13.8 Å². The van der Waals surface area contributed by atoms with Crippen molar-refractivity contribution < 1.29 is 9.32 Å². The fourth-order valence-corrected chi connectivity index (χ4v) is 4.01. The van der Waals surface area contributed by atoms with Crippen LogP contribution in [-0.2, 0) is 11.2 Å². The van der Waals surface area contributed by atoms with E-state index in [0.717, 1.165) is 16.1 Å². The Bertz CT molecular complexity index is 1100. The fraction of sp³-hybridized carbons (Fsp3) is 0.200. The van der Waals surface area contributed by atoms with Crippen molar-refractivity contribution in [1.29, 1.82) is 0 Å². The molecule has 0 aliphatic heterocycles. The maximum atomic E-state index is 12.2. The van der Waals surface area contributed by atoms with E-state index in [2.05, 4.69) is 46.4 Å². The van der Waals surface area contributed by atoms with Crippen LogP contribution in [0.25, 0.3) is 22.0 Å². The largest absolute Gasteiger partial charge is 0.339 e. The molecule has 0 aliphatic rings. The van der Waals surface area contributed by atoms with Crippen molar-refractivity contribution in [3.8, 4) is 22.0 Å². The standard InChI is InChI=1S/C20H18N4O2S2/c1-12-5-6-14(10-13(12)2)15-11-28-20(21-15)22-17(25)7-8-18-23-19(24-26-18)16-4-3-9-27-16/h3-6,9-11H,7-8H2,1-2H3,(H,21,22,25). The summed E-state index contributed by atoms with van der Waals surface area (Å²) in [6.07, 6.45) is 0.643. The van der Waals surface area contributed by atoms with Gasteiger partial charge < -0.3 is 9.84 Å². The summed E-state index contributed by atoms with van der Waals surface area (Å²) >= 11 is 2.96. The molecule has 3 heterocycles. The number of thiophene rings is 1. The Morgan fingerprint density at radius 3 is 2.82 bits per heavy atom. The van der Waals surface area contributed by atoms with Gasteiger partial charge in [0.15, 0.2) is 5.13 Å². The first-order chi connectivity index (χ1) is 13.6. The molecule has 0 saturated heterocycles. The van der Waals surface area contributed by atoms with Crippen LogP contribution in [0.2, 0.25) is 0 Å². The predicted octanol–water partition coefficient (Wildman–Crippen LogP) is 5.11. The molecule has 28 heavy (non-hydrogen) atoms. The number of carbonyl (C=O) groups is 1. The first-order valence-corrected chi connectivity index (χ1v) is 10.5. The zero-order valence-electron chi connectivity index (χ0n) is 15.4. The SMILES string of the molecule is Cc1ccc(-c2csc(NC(=O)CCc3nc(-c4cccs4)no3)n2)cc1C. The molecule has 1 N–H and O–H groups in total. The maximum absolute atomic E-state index is 12.2. The van der Waals surface area contributed by atoms with Crippen LogP contribution in [0.3, 0.4) is 0 Å². The number of benzene rings is 1. The van der Waals surface area contributed by atoms with Gasteiger partial charge in [0.25, 0.3) is 0 Å². The number of aromatic nitrogens is 3. The van der Waals surface area contributed by atoms with Crippen molar-refractivity contribution in [2.24, 2.45) is 0 Å². The van der Waals surface area contributed by atoms with Gasteiger partial charge in [-0.1, -0.05) is 23.4 Å². The highest BCUT2D eigenvalue weighted by Gasteiger charge is 2.13. The van der Waals surface area contributed by atoms with Crippen molar-refractivity contribution in [1.82, 2.24) is 15.1 Å². The number of aryl methyl sites for hydroxylation is 3. The zero-order valence-corrected chi connectivity index (χ0v) is 17.1. The molecule has 8 heteroatoms. The Hall–Kier alpha value is -2.84. The van der Waals surface area contributed by atoms with Crippen LogP contribution in [0.15, 0.2) is 45.6 Å². The molecule has 4 rings (SSSR count). The van der Waals surface area contributed by atoms with Gasteiger partial charge in [-0.3, -0.25) is 4.79 Å². The molecule has 0 aliphatic carbocycles. The minimum atomic E-state index is -0.128. The Morgan fingerprint density at radius 2 is 2.04 bits per heavy atom. The Morgan fingerprint density at radius 1 is 1.14 bits per heavy atom. The first kappa shape index (κ1) is 18.5. The summed E-state index contributed by atoms with van der Waals surface area (Å²) in [4.78, 5) is 22.0. The van der Waals surface area contributed by atoms with Crippen molar-refractivity contribution in [3.05, 3.63) is 58.1 Å². The van der Waals surface area contributed by atoms with Crippen molar-refractivity contribution >= 4 is 33.7 Å². The lowest BCUT2D eigenvalue weighted by Crippen LogP contribution is -2.12. The topological polar surface area (TPSA) is 80.9 Å². The van der Waals surface area contributed by atoms with Gasteiger partial charge in [-0.25, -0.2) is 4.98 Å². The van der Waals surface area contributed by atoms with Crippen LogP contribution in [0.5, 0.6) is 0 Å². The molecule has 0 radical (unpaired) electrons. The molecule has 4 aromatic rings. The summed E-state index contributed by atoms with van der Waals surface area (Å²) in [7, 11) is 0. The van der Waals surface area contributed by atoms with Gasteiger partial charge in [-0.15, -0.1) is 22.7 Å². The minimum absolute atomic E-state index is 0.128. The summed E-state index contributed by atoms with van der Waals surface area (Å²) in [5.41, 5.74) is 4.38. The molecule has 6 nitrogen and oxygen atoms in total. The number of anilines is 1. The number of thiazole rings is 1. The Kier molecular flexibility index (Phi) is 5.31. The lowest BCUT2D eigenvalue weighted by atomic mass is 10.1. The summed E-state index contributed by atoms with van der Waals surface area (Å²) < 4.78 is 5.22. The molecule has 0 unspecified atom stereocenters. The van der Waals surface area contributed by atoms with E-state index >= 15 is 0 Å². The molecular formula is C20H18N4O2S2. The van der Waals surface area contributed by atoms with Crippen LogP contribution in [-0.4, -0.2) is 21.0 Å². The number of carbonyl (C=O) groups excluding carboxylic acids is 1. The van der Waals surface area contributed by atoms with E-state index in [1.807, 2.05) is 29.0 Å². The van der Waals surface area contributed by atoms with Gasteiger partial charge in [0.2, 0.25) is 17.6 Å². The van der Waals surface area contributed by atoms with Gasteiger partial charge >= 0.3 is 0 Å². The highest BCUT2D eigenvalue weighted by molar-refractivity contribution is 7.14. The molecule has 3 aromatic heterocycles.